The molecule has 29 heavy (non-hydrogen) atoms. The molecule has 7 nitrogen and oxygen atoms in total. The number of nitrogens with zero attached hydrogens (tertiary/aromatic N) is 1. The Morgan fingerprint density at radius 2 is 2.10 bits per heavy atom. The third-order valence-electron chi connectivity index (χ3n) is 4.57. The van der Waals surface area contributed by atoms with Gasteiger partial charge in [0.1, 0.15) is 30.6 Å². The van der Waals surface area contributed by atoms with Crippen molar-refractivity contribution in [2.24, 2.45) is 4.99 Å². The van der Waals surface area contributed by atoms with E-state index in [1.807, 2.05) is 0 Å². The van der Waals surface area contributed by atoms with Gasteiger partial charge in [-0.05, 0) is 23.9 Å². The van der Waals surface area contributed by atoms with Crippen molar-refractivity contribution in [1.82, 2.24) is 4.84 Å². The number of rotatable bonds is 6. The van der Waals surface area contributed by atoms with Gasteiger partial charge in [0.25, 0.3) is 0 Å². The molecule has 9 heteroatoms. The minimum Gasteiger partial charge on any atom is -0.491 e. The summed E-state index contributed by atoms with van der Waals surface area (Å²) in [5, 5.41) is 2.68. The lowest BCUT2D eigenvalue weighted by Crippen LogP contribution is -2.24. The van der Waals surface area contributed by atoms with Gasteiger partial charge < -0.3 is 14.8 Å². The minimum atomic E-state index is -0.367. The van der Waals surface area contributed by atoms with Crippen LogP contribution in [0.3, 0.4) is 0 Å². The van der Waals surface area contributed by atoms with Crippen molar-refractivity contribution in [2.75, 3.05) is 37.5 Å². The summed E-state index contributed by atoms with van der Waals surface area (Å²) in [6.45, 7) is 1.56. The fraction of sp³-hybridized carbons (Fsp3) is 0.250. The first-order valence-corrected chi connectivity index (χ1v) is 9.91. The van der Waals surface area contributed by atoms with Gasteiger partial charge in [0.2, 0.25) is 5.91 Å². The van der Waals surface area contributed by atoms with Crippen LogP contribution in [0.25, 0.3) is 0 Å². The molecule has 1 amide bonds. The van der Waals surface area contributed by atoms with Gasteiger partial charge in [0.15, 0.2) is 5.78 Å². The van der Waals surface area contributed by atoms with E-state index < -0.39 is 0 Å². The molecule has 0 atom stereocenters. The molecule has 0 spiro atoms. The number of anilines is 1. The van der Waals surface area contributed by atoms with Crippen LogP contribution in [0.1, 0.15) is 27.0 Å². The first-order valence-electron chi connectivity index (χ1n) is 9.00. The predicted molar refractivity (Wildman–Crippen MR) is 111 cm³/mol. The standard InChI is InChI=1S/C20H17Cl2N3O4/c21-10-16(26)25-11-8-13-18-15(9-11)29-6-4-23-19(18)17-12(20(13)27)2-1-3-14(17)28-7-5-24-22/h1-3,8-9,24H,4-7,10H2,(H,25,26). The number of amides is 1. The highest BCUT2D eigenvalue weighted by Gasteiger charge is 2.34. The van der Waals surface area contributed by atoms with Gasteiger partial charge in [0.05, 0.1) is 23.4 Å². The molecule has 2 N–H and O–H groups in total. The summed E-state index contributed by atoms with van der Waals surface area (Å²) in [5.41, 5.74) is 3.25. The molecule has 2 aromatic rings. The van der Waals surface area contributed by atoms with Gasteiger partial charge in [-0.15, -0.1) is 11.6 Å². The lowest BCUT2D eigenvalue weighted by atomic mass is 9.82. The largest absolute Gasteiger partial charge is 0.491 e. The second-order valence-electron chi connectivity index (χ2n) is 6.40. The van der Waals surface area contributed by atoms with E-state index in [0.717, 1.165) is 0 Å². The number of hydrogen-bond donors (Lipinski definition) is 2. The number of fused-ring (bicyclic) bond motifs is 2. The Morgan fingerprint density at radius 3 is 2.90 bits per heavy atom. The average molecular weight is 434 g/mol. The number of ketones is 1. The van der Waals surface area contributed by atoms with Crippen molar-refractivity contribution in [2.45, 2.75) is 0 Å². The molecule has 1 aliphatic carbocycles. The van der Waals surface area contributed by atoms with Gasteiger partial charge in [-0.25, -0.2) is 4.84 Å². The van der Waals surface area contributed by atoms with Gasteiger partial charge in [-0.2, -0.15) is 0 Å². The second-order valence-corrected chi connectivity index (χ2v) is 6.93. The van der Waals surface area contributed by atoms with E-state index in [0.29, 0.717) is 71.5 Å². The van der Waals surface area contributed by atoms with Crippen LogP contribution in [-0.4, -0.2) is 49.6 Å². The lowest BCUT2D eigenvalue weighted by molar-refractivity contribution is -0.113. The van der Waals surface area contributed by atoms with Crippen LogP contribution < -0.4 is 19.6 Å². The first-order chi connectivity index (χ1) is 14.1. The van der Waals surface area contributed by atoms with Crippen molar-refractivity contribution in [3.8, 4) is 11.5 Å². The molecule has 0 aromatic heterocycles. The zero-order valence-corrected chi connectivity index (χ0v) is 16.8. The van der Waals surface area contributed by atoms with E-state index in [1.54, 1.807) is 30.3 Å². The summed E-state index contributed by atoms with van der Waals surface area (Å²) in [6, 6.07) is 8.62. The Bertz CT molecular complexity index is 1020. The Labute approximate surface area is 177 Å². The molecule has 2 aromatic carbocycles. The third kappa shape index (κ3) is 3.69. The third-order valence-corrected chi connectivity index (χ3v) is 5.00. The monoisotopic (exact) mass is 433 g/mol. The number of benzene rings is 2. The fourth-order valence-corrected chi connectivity index (χ4v) is 3.59. The number of ether oxygens (including phenoxy) is 2. The number of hydrogen-bond acceptors (Lipinski definition) is 6. The van der Waals surface area contributed by atoms with Crippen LogP contribution >= 0.6 is 23.4 Å². The molecule has 0 saturated carbocycles. The molecular formula is C20H17Cl2N3O4. The number of alkyl halides is 1. The zero-order valence-electron chi connectivity index (χ0n) is 15.3. The number of halogens is 2. The number of carbonyl (C=O) groups is 2. The SMILES string of the molecule is O=C(CCl)Nc1cc2c3c(c1)C(=O)c1cccc(OCCNCl)c1C3=NCCO2. The van der Waals surface area contributed by atoms with Crippen LogP contribution in [0.5, 0.6) is 11.5 Å². The van der Waals surface area contributed by atoms with Crippen LogP contribution in [0, 0.1) is 0 Å². The summed E-state index contributed by atoms with van der Waals surface area (Å²) in [5.74, 6) is 0.297. The fourth-order valence-electron chi connectivity index (χ4n) is 3.44. The van der Waals surface area contributed by atoms with Crippen LogP contribution in [0.15, 0.2) is 35.3 Å². The highest BCUT2D eigenvalue weighted by molar-refractivity contribution is 6.32. The molecule has 1 heterocycles. The summed E-state index contributed by atoms with van der Waals surface area (Å²) in [4.78, 5) is 32.2. The molecule has 2 aliphatic rings. The van der Waals surface area contributed by atoms with E-state index in [-0.39, 0.29) is 17.6 Å². The Kier molecular flexibility index (Phi) is 5.71. The van der Waals surface area contributed by atoms with Crippen molar-refractivity contribution in [1.29, 1.82) is 0 Å². The highest BCUT2D eigenvalue weighted by atomic mass is 35.5. The van der Waals surface area contributed by atoms with Crippen LogP contribution in [-0.2, 0) is 4.79 Å². The van der Waals surface area contributed by atoms with E-state index in [9.17, 15) is 9.59 Å². The number of aliphatic imine (C=N–C) groups is 1. The Hall–Kier alpha value is -2.61. The molecule has 150 valence electrons. The summed E-state index contributed by atoms with van der Waals surface area (Å²) >= 11 is 11.1. The van der Waals surface area contributed by atoms with Gasteiger partial charge in [-0.3, -0.25) is 14.6 Å². The lowest BCUT2D eigenvalue weighted by Gasteiger charge is -2.24. The van der Waals surface area contributed by atoms with Crippen LogP contribution in [0.2, 0.25) is 0 Å². The zero-order chi connectivity index (χ0) is 20.4. The molecule has 0 fully saturated rings. The average Bonchev–Trinajstić information content (AvgIpc) is 2.94. The summed E-state index contributed by atoms with van der Waals surface area (Å²) in [7, 11) is 0. The maximum absolute atomic E-state index is 13.3. The first kappa shape index (κ1) is 19.7. The summed E-state index contributed by atoms with van der Waals surface area (Å²) in [6.07, 6.45) is 0. The molecule has 0 unspecified atom stereocenters. The van der Waals surface area contributed by atoms with Gasteiger partial charge in [0, 0.05) is 29.4 Å². The molecule has 0 radical (unpaired) electrons. The quantitative estimate of drug-likeness (QED) is 0.354. The highest BCUT2D eigenvalue weighted by Crippen LogP contribution is 2.40. The Balaban J connectivity index is 1.86. The predicted octanol–water partition coefficient (Wildman–Crippen LogP) is 2.76. The topological polar surface area (TPSA) is 89.0 Å². The van der Waals surface area contributed by atoms with E-state index in [1.165, 1.54) is 0 Å². The molecule has 0 bridgehead atoms. The summed E-state index contributed by atoms with van der Waals surface area (Å²) < 4.78 is 11.7. The molecule has 4 rings (SSSR count). The van der Waals surface area contributed by atoms with Crippen molar-refractivity contribution in [3.63, 3.8) is 0 Å². The molecular weight excluding hydrogens is 417 g/mol. The second kappa shape index (κ2) is 8.41. The molecule has 1 aliphatic heterocycles. The number of carbonyl (C=O) groups excluding carboxylic acids is 2. The van der Waals surface area contributed by atoms with Gasteiger partial charge >= 0.3 is 0 Å². The minimum absolute atomic E-state index is 0.186. The van der Waals surface area contributed by atoms with E-state index in [4.69, 9.17) is 32.9 Å². The van der Waals surface area contributed by atoms with Crippen molar-refractivity contribution in [3.05, 3.63) is 52.6 Å². The van der Waals surface area contributed by atoms with Gasteiger partial charge in [-0.1, -0.05) is 12.1 Å². The Morgan fingerprint density at radius 1 is 1.24 bits per heavy atom. The smallest absolute Gasteiger partial charge is 0.239 e. The van der Waals surface area contributed by atoms with Crippen molar-refractivity contribution >= 4 is 46.5 Å². The maximum Gasteiger partial charge on any atom is 0.239 e. The van der Waals surface area contributed by atoms with E-state index >= 15 is 0 Å². The molecule has 0 saturated heterocycles. The van der Waals surface area contributed by atoms with Crippen LogP contribution in [0.4, 0.5) is 5.69 Å². The van der Waals surface area contributed by atoms with E-state index in [2.05, 4.69) is 15.1 Å². The maximum atomic E-state index is 13.3. The number of nitrogens with one attached hydrogen (secondary N) is 2. The van der Waals surface area contributed by atoms with Crippen molar-refractivity contribution < 1.29 is 19.1 Å². The normalized spacial score (nSPS) is 14.1.